The maximum absolute atomic E-state index is 12.4. The number of pyridine rings is 1. The predicted octanol–water partition coefficient (Wildman–Crippen LogP) is 1.12. The van der Waals surface area contributed by atoms with Crippen LogP contribution < -0.4 is 10.2 Å². The number of tetrazole rings is 1. The quantitative estimate of drug-likeness (QED) is 0.811. The molecule has 2 aromatic rings. The van der Waals surface area contributed by atoms with Crippen molar-refractivity contribution in [3.8, 4) is 0 Å². The number of amides is 1. The summed E-state index contributed by atoms with van der Waals surface area (Å²) in [5, 5.41) is 15.6. The van der Waals surface area contributed by atoms with E-state index in [-0.39, 0.29) is 11.9 Å². The van der Waals surface area contributed by atoms with Gasteiger partial charge in [-0.2, -0.15) is 0 Å². The van der Waals surface area contributed by atoms with Gasteiger partial charge in [0, 0.05) is 37.9 Å². The second kappa shape index (κ2) is 7.61. The van der Waals surface area contributed by atoms with Crippen LogP contribution in [0.1, 0.15) is 30.1 Å². The monoisotopic (exact) mass is 347 g/mol. The molecule has 0 unspecified atom stereocenters. The van der Waals surface area contributed by atoms with Crippen molar-refractivity contribution < 1.29 is 4.79 Å². The van der Waals surface area contributed by atoms with E-state index in [0.717, 1.165) is 42.7 Å². The molecule has 3 heterocycles. The lowest BCUT2D eigenvalue weighted by Crippen LogP contribution is -2.45. The van der Waals surface area contributed by atoms with Crippen LogP contribution in [0.2, 0.25) is 0 Å². The van der Waals surface area contributed by atoms with Gasteiger partial charge in [0.15, 0.2) is 0 Å². The van der Waals surface area contributed by atoms with Crippen molar-refractivity contribution in [2.24, 2.45) is 7.05 Å². The van der Waals surface area contributed by atoms with Crippen molar-refractivity contribution >= 4 is 23.6 Å². The molecule has 0 bridgehead atoms. The van der Waals surface area contributed by atoms with Crippen molar-refractivity contribution in [1.82, 2.24) is 30.5 Å². The predicted molar refractivity (Wildman–Crippen MR) is 92.1 cm³/mol. The molecule has 1 fully saturated rings. The first-order valence-electron chi connectivity index (χ1n) is 8.04. The van der Waals surface area contributed by atoms with Gasteiger partial charge in [0.05, 0.1) is 5.03 Å². The maximum Gasteiger partial charge on any atom is 0.251 e. The normalized spacial score (nSPS) is 15.5. The van der Waals surface area contributed by atoms with E-state index in [4.69, 9.17) is 0 Å². The Morgan fingerprint density at radius 1 is 1.42 bits per heavy atom. The molecule has 1 saturated heterocycles. The van der Waals surface area contributed by atoms with Gasteiger partial charge in [-0.25, -0.2) is 9.67 Å². The van der Waals surface area contributed by atoms with Crippen LogP contribution in [0, 0.1) is 0 Å². The van der Waals surface area contributed by atoms with Crippen LogP contribution >= 0.6 is 11.8 Å². The summed E-state index contributed by atoms with van der Waals surface area (Å²) < 4.78 is 1.67. The van der Waals surface area contributed by atoms with Crippen LogP contribution in [0.5, 0.6) is 0 Å². The van der Waals surface area contributed by atoms with E-state index in [9.17, 15) is 4.79 Å². The summed E-state index contributed by atoms with van der Waals surface area (Å²) >= 11 is 1.63. The van der Waals surface area contributed by atoms with E-state index in [2.05, 4.69) is 37.6 Å². The largest absolute Gasteiger partial charge is 0.349 e. The minimum Gasteiger partial charge on any atom is -0.349 e. The number of thioether (sulfide) groups is 1. The fraction of sp³-hybridized carbons (Fsp3) is 0.533. The number of nitrogens with zero attached hydrogens (tertiary/aromatic N) is 6. The Labute approximate surface area is 145 Å². The van der Waals surface area contributed by atoms with Gasteiger partial charge in [0.25, 0.3) is 5.91 Å². The minimum absolute atomic E-state index is 0.0332. The summed E-state index contributed by atoms with van der Waals surface area (Å²) in [6.45, 7) is 3.72. The lowest BCUT2D eigenvalue weighted by atomic mass is 10.0. The van der Waals surface area contributed by atoms with Crippen molar-refractivity contribution in [3.63, 3.8) is 0 Å². The molecule has 3 rings (SSSR count). The number of hydrogen-bond donors (Lipinski definition) is 1. The molecule has 0 saturated carbocycles. The molecule has 9 heteroatoms. The summed E-state index contributed by atoms with van der Waals surface area (Å²) in [4.78, 5) is 18.8. The number of carbonyl (C=O) groups excluding carboxylic acids is 1. The van der Waals surface area contributed by atoms with Gasteiger partial charge in [-0.05, 0) is 41.2 Å². The lowest BCUT2D eigenvalue weighted by Gasteiger charge is -2.32. The van der Waals surface area contributed by atoms with E-state index < -0.39 is 0 Å². The molecule has 1 N–H and O–H groups in total. The highest BCUT2D eigenvalue weighted by Gasteiger charge is 2.23. The summed E-state index contributed by atoms with van der Waals surface area (Å²) in [5.41, 5.74) is 0.667. The molecule has 8 nitrogen and oxygen atoms in total. The second-order valence-corrected chi connectivity index (χ2v) is 6.94. The number of piperidine rings is 1. The Kier molecular flexibility index (Phi) is 5.29. The van der Waals surface area contributed by atoms with Crippen molar-refractivity contribution in [3.05, 3.63) is 23.9 Å². The molecule has 0 aromatic carbocycles. The van der Waals surface area contributed by atoms with E-state index in [1.54, 1.807) is 28.7 Å². The number of anilines is 1. The number of aromatic nitrogens is 5. The Balaban J connectivity index is 1.55. The SMILES string of the molecule is CCSc1cc(C(=O)NC2CCN(c3nnnn3C)CC2)ccn1. The summed E-state index contributed by atoms with van der Waals surface area (Å²) in [7, 11) is 1.83. The van der Waals surface area contributed by atoms with Crippen LogP contribution in [0.15, 0.2) is 23.4 Å². The summed E-state index contributed by atoms with van der Waals surface area (Å²) in [5.74, 6) is 1.68. The first-order valence-corrected chi connectivity index (χ1v) is 9.03. The molecule has 24 heavy (non-hydrogen) atoms. The fourth-order valence-corrected chi connectivity index (χ4v) is 3.40. The molecule has 1 amide bonds. The first-order chi connectivity index (χ1) is 11.7. The molecular weight excluding hydrogens is 326 g/mol. The highest BCUT2D eigenvalue weighted by Crippen LogP contribution is 2.18. The van der Waals surface area contributed by atoms with Crippen LogP contribution in [0.4, 0.5) is 5.95 Å². The number of aryl methyl sites for hydroxylation is 1. The van der Waals surface area contributed by atoms with Gasteiger partial charge in [0.2, 0.25) is 5.95 Å². The van der Waals surface area contributed by atoms with Gasteiger partial charge in [-0.3, -0.25) is 4.79 Å². The minimum atomic E-state index is -0.0332. The molecule has 1 aliphatic rings. The molecule has 0 aliphatic carbocycles. The average Bonchev–Trinajstić information content (AvgIpc) is 3.02. The van der Waals surface area contributed by atoms with E-state index >= 15 is 0 Å². The number of hydrogen-bond acceptors (Lipinski definition) is 7. The average molecular weight is 347 g/mol. The fourth-order valence-electron chi connectivity index (χ4n) is 2.76. The van der Waals surface area contributed by atoms with E-state index in [0.29, 0.717) is 5.56 Å². The Morgan fingerprint density at radius 2 is 2.21 bits per heavy atom. The van der Waals surface area contributed by atoms with Crippen molar-refractivity contribution in [1.29, 1.82) is 0 Å². The Bertz CT molecular complexity index is 697. The lowest BCUT2D eigenvalue weighted by molar-refractivity contribution is 0.0930. The van der Waals surface area contributed by atoms with Crippen LogP contribution in [-0.4, -0.2) is 56.0 Å². The van der Waals surface area contributed by atoms with Gasteiger partial charge >= 0.3 is 0 Å². The number of carbonyl (C=O) groups is 1. The van der Waals surface area contributed by atoms with Crippen LogP contribution in [0.3, 0.4) is 0 Å². The third-order valence-electron chi connectivity index (χ3n) is 4.00. The standard InChI is InChI=1S/C15H21N7OS/c1-3-24-13-10-11(4-7-16-13)14(23)17-12-5-8-22(9-6-12)15-18-19-20-21(15)2/h4,7,10,12H,3,5-6,8-9H2,1-2H3,(H,17,23). The smallest absolute Gasteiger partial charge is 0.251 e. The number of nitrogens with one attached hydrogen (secondary N) is 1. The van der Waals surface area contributed by atoms with Gasteiger partial charge in [-0.15, -0.1) is 11.8 Å². The topological polar surface area (TPSA) is 88.8 Å². The molecule has 0 spiro atoms. The van der Waals surface area contributed by atoms with E-state index in [1.807, 2.05) is 13.1 Å². The maximum atomic E-state index is 12.4. The van der Waals surface area contributed by atoms with Crippen molar-refractivity contribution in [2.45, 2.75) is 30.8 Å². The zero-order chi connectivity index (χ0) is 16.9. The third kappa shape index (κ3) is 3.84. The molecule has 2 aromatic heterocycles. The van der Waals surface area contributed by atoms with Gasteiger partial charge in [-0.1, -0.05) is 12.0 Å². The van der Waals surface area contributed by atoms with Crippen LogP contribution in [0.25, 0.3) is 0 Å². The third-order valence-corrected chi connectivity index (χ3v) is 4.81. The highest BCUT2D eigenvalue weighted by molar-refractivity contribution is 7.99. The van der Waals surface area contributed by atoms with Gasteiger partial charge in [0.1, 0.15) is 0 Å². The molecular formula is C15H21N7OS. The Morgan fingerprint density at radius 3 is 2.88 bits per heavy atom. The first kappa shape index (κ1) is 16.7. The zero-order valence-electron chi connectivity index (χ0n) is 13.8. The summed E-state index contributed by atoms with van der Waals surface area (Å²) in [6, 6.07) is 3.78. The van der Waals surface area contributed by atoms with Gasteiger partial charge < -0.3 is 10.2 Å². The zero-order valence-corrected chi connectivity index (χ0v) is 14.7. The molecule has 128 valence electrons. The number of rotatable bonds is 5. The molecule has 0 radical (unpaired) electrons. The molecule has 1 aliphatic heterocycles. The van der Waals surface area contributed by atoms with Crippen molar-refractivity contribution in [2.75, 3.05) is 23.7 Å². The Hall–Kier alpha value is -2.16. The second-order valence-electron chi connectivity index (χ2n) is 5.65. The highest BCUT2D eigenvalue weighted by atomic mass is 32.2. The van der Waals surface area contributed by atoms with E-state index in [1.165, 1.54) is 0 Å². The summed E-state index contributed by atoms with van der Waals surface area (Å²) in [6.07, 6.45) is 3.44. The molecule has 0 atom stereocenters. The van der Waals surface area contributed by atoms with Crippen LogP contribution in [-0.2, 0) is 7.05 Å².